The van der Waals surface area contributed by atoms with Crippen LogP contribution in [0, 0.1) is 0 Å². The van der Waals surface area contributed by atoms with Gasteiger partial charge in [-0.05, 0) is 117 Å². The van der Waals surface area contributed by atoms with Gasteiger partial charge in [-0.15, -0.1) is 0 Å². The number of hydrogen-bond acceptors (Lipinski definition) is 1. The minimum Gasteiger partial charge on any atom is -0.310 e. The van der Waals surface area contributed by atoms with Crippen molar-refractivity contribution in [3.63, 3.8) is 0 Å². The molecule has 9 aromatic carbocycles. The number of rotatable bonds is 8. The Morgan fingerprint density at radius 2 is 0.821 bits per heavy atom. The first-order valence-corrected chi connectivity index (χ1v) is 18.9. The van der Waals surface area contributed by atoms with Crippen LogP contribution >= 0.6 is 0 Å². The smallest absolute Gasteiger partial charge is 0.0651 e. The van der Waals surface area contributed by atoms with Gasteiger partial charge in [-0.3, -0.25) is 0 Å². The van der Waals surface area contributed by atoms with Gasteiger partial charge >= 0.3 is 0 Å². The average molecular weight is 719 g/mol. The summed E-state index contributed by atoms with van der Waals surface area (Å²) in [6.07, 6.45) is 0. The van der Waals surface area contributed by atoms with Crippen molar-refractivity contribution < 1.29 is 5.48 Å². The molecular weight excluding hydrogens is 677 g/mol. The van der Waals surface area contributed by atoms with Gasteiger partial charge in [0, 0.05) is 33.5 Å². The Bertz CT molecular complexity index is 3160. The van der Waals surface area contributed by atoms with Gasteiger partial charge in [-0.2, -0.15) is 0 Å². The first kappa shape index (κ1) is 29.0. The Morgan fingerprint density at radius 1 is 0.339 bits per heavy atom. The number of hydrogen-bond donors (Lipinski definition) is 0. The number of aromatic nitrogens is 1. The van der Waals surface area contributed by atoms with Crippen LogP contribution in [0.4, 0.5) is 17.1 Å². The van der Waals surface area contributed by atoms with E-state index in [0.717, 1.165) is 72.2 Å². The molecule has 0 atom stereocenters. The topological polar surface area (TPSA) is 8.17 Å². The van der Waals surface area contributed by atoms with E-state index in [0.29, 0.717) is 11.1 Å². The van der Waals surface area contributed by atoms with Crippen LogP contribution in [0.5, 0.6) is 0 Å². The van der Waals surface area contributed by atoms with Crippen LogP contribution in [0.1, 0.15) is 5.48 Å². The normalized spacial score (nSPS) is 12.2. The molecule has 0 bridgehead atoms. The van der Waals surface area contributed by atoms with Crippen molar-refractivity contribution in [3.8, 4) is 50.2 Å². The summed E-state index contributed by atoms with van der Waals surface area (Å²) >= 11 is 0. The third kappa shape index (κ3) is 6.24. The van der Waals surface area contributed by atoms with Gasteiger partial charge in [-0.25, -0.2) is 0 Å². The fraction of sp³-hybridized carbons (Fsp3) is 0. The Hall–Kier alpha value is -7.42. The third-order valence-electron chi connectivity index (χ3n) is 10.5. The second kappa shape index (κ2) is 14.4. The molecular formula is C54H38N2. The number of para-hydroxylation sites is 2. The molecule has 264 valence electrons. The lowest BCUT2D eigenvalue weighted by Gasteiger charge is -2.26. The molecule has 0 spiro atoms. The minimum atomic E-state index is -0.233. The van der Waals surface area contributed by atoms with Gasteiger partial charge in [0.05, 0.1) is 16.5 Å². The molecule has 0 aliphatic rings. The van der Waals surface area contributed by atoms with E-state index in [2.05, 4.69) is 89.5 Å². The summed E-state index contributed by atoms with van der Waals surface area (Å²) in [7, 11) is 0. The average Bonchev–Trinajstić information content (AvgIpc) is 3.64. The molecule has 1 heterocycles. The molecule has 0 N–H and O–H groups in total. The summed E-state index contributed by atoms with van der Waals surface area (Å²) in [6, 6.07) is 69.2. The lowest BCUT2D eigenvalue weighted by Crippen LogP contribution is -2.10. The van der Waals surface area contributed by atoms with Gasteiger partial charge in [0.15, 0.2) is 0 Å². The van der Waals surface area contributed by atoms with Crippen molar-refractivity contribution in [2.45, 2.75) is 0 Å². The Morgan fingerprint density at radius 3 is 1.48 bits per heavy atom. The van der Waals surface area contributed by atoms with Crippen molar-refractivity contribution in [2.75, 3.05) is 4.90 Å². The van der Waals surface area contributed by atoms with E-state index in [1.807, 2.05) is 126 Å². The molecule has 1 aromatic heterocycles. The molecule has 2 heteroatoms. The summed E-state index contributed by atoms with van der Waals surface area (Å²) in [5, 5.41) is 2.03. The Kier molecular flexibility index (Phi) is 7.47. The van der Waals surface area contributed by atoms with Gasteiger partial charge in [0.1, 0.15) is 0 Å². The highest BCUT2D eigenvalue weighted by molar-refractivity contribution is 6.10. The molecule has 2 nitrogen and oxygen atoms in total. The van der Waals surface area contributed by atoms with Crippen molar-refractivity contribution >= 4 is 38.9 Å². The molecule has 0 aliphatic heterocycles. The van der Waals surface area contributed by atoms with Gasteiger partial charge in [-0.1, -0.05) is 158 Å². The molecule has 10 rings (SSSR count). The zero-order valence-corrected chi connectivity index (χ0v) is 30.5. The Balaban J connectivity index is 1.13. The SMILES string of the molecule is [2H]c1c([2H])c(-c2ccc3c(c2)c2ccccc2n3-c2ccccc2)c([2H])c(N(c2ccc(-c3ccccc3)cc2)c2ccc(-c3cccc(-c4ccccc4)c3)cc2)c1[2H]. The highest BCUT2D eigenvalue weighted by Crippen LogP contribution is 2.40. The van der Waals surface area contributed by atoms with E-state index >= 15 is 0 Å². The molecule has 0 aliphatic carbocycles. The number of benzene rings is 9. The lowest BCUT2D eigenvalue weighted by molar-refractivity contribution is 1.18. The molecule has 10 aromatic rings. The van der Waals surface area contributed by atoms with E-state index in [1.54, 1.807) is 0 Å². The summed E-state index contributed by atoms with van der Waals surface area (Å²) in [4.78, 5) is 1.89. The van der Waals surface area contributed by atoms with E-state index in [4.69, 9.17) is 0 Å². The van der Waals surface area contributed by atoms with Crippen molar-refractivity contribution in [2.24, 2.45) is 0 Å². The number of nitrogens with zero attached hydrogens (tertiary/aromatic N) is 2. The maximum absolute atomic E-state index is 9.89. The van der Waals surface area contributed by atoms with Gasteiger partial charge < -0.3 is 9.47 Å². The van der Waals surface area contributed by atoms with E-state index in [-0.39, 0.29) is 29.9 Å². The van der Waals surface area contributed by atoms with Crippen molar-refractivity contribution in [1.82, 2.24) is 4.57 Å². The van der Waals surface area contributed by atoms with Gasteiger partial charge in [0.25, 0.3) is 0 Å². The van der Waals surface area contributed by atoms with Crippen molar-refractivity contribution in [1.29, 1.82) is 0 Å². The minimum absolute atomic E-state index is 0.0129. The van der Waals surface area contributed by atoms with Crippen molar-refractivity contribution in [3.05, 3.63) is 230 Å². The zero-order valence-electron chi connectivity index (χ0n) is 34.5. The van der Waals surface area contributed by atoms with Gasteiger partial charge in [0.2, 0.25) is 0 Å². The third-order valence-corrected chi connectivity index (χ3v) is 10.5. The summed E-state index contributed by atoms with van der Waals surface area (Å²) < 4.78 is 40.0. The predicted octanol–water partition coefficient (Wildman–Crippen LogP) is 14.9. The maximum Gasteiger partial charge on any atom is 0.0651 e. The summed E-state index contributed by atoms with van der Waals surface area (Å²) in [5.41, 5.74) is 12.3. The quantitative estimate of drug-likeness (QED) is 0.152. The fourth-order valence-corrected chi connectivity index (χ4v) is 7.73. The first-order valence-electron chi connectivity index (χ1n) is 20.9. The van der Waals surface area contributed by atoms with Crippen LogP contribution in [-0.2, 0) is 0 Å². The molecule has 0 saturated carbocycles. The molecule has 0 radical (unpaired) electrons. The number of anilines is 3. The molecule has 0 amide bonds. The van der Waals surface area contributed by atoms with Crippen LogP contribution in [0.15, 0.2) is 230 Å². The maximum atomic E-state index is 9.89. The summed E-state index contributed by atoms with van der Waals surface area (Å²) in [6.45, 7) is 0. The standard InChI is InChI=1S/C54H38N2/c1-4-14-39(15-5-1)41-26-31-48(32-27-41)55(49-33-28-42(29-34-49)44-19-12-18-43(36-44)40-16-6-2-7-17-40)50-23-13-20-45(37-50)46-30-35-54-52(38-46)51-24-10-11-25-53(51)56(54)47-21-8-3-9-22-47/h1-38H/i13D,20D,23D,37D. The van der Waals surface area contributed by atoms with Crippen LogP contribution in [0.25, 0.3) is 72.0 Å². The van der Waals surface area contributed by atoms with Crippen LogP contribution in [0.2, 0.25) is 0 Å². The zero-order chi connectivity index (χ0) is 40.7. The lowest BCUT2D eigenvalue weighted by atomic mass is 9.98. The molecule has 0 unspecified atom stereocenters. The predicted molar refractivity (Wildman–Crippen MR) is 237 cm³/mol. The number of fused-ring (bicyclic) bond motifs is 3. The second-order valence-electron chi connectivity index (χ2n) is 13.9. The van der Waals surface area contributed by atoms with E-state index in [1.165, 1.54) is 0 Å². The van der Waals surface area contributed by atoms with Crippen LogP contribution < -0.4 is 4.90 Å². The highest BCUT2D eigenvalue weighted by Gasteiger charge is 2.17. The van der Waals surface area contributed by atoms with E-state index in [9.17, 15) is 5.48 Å². The van der Waals surface area contributed by atoms with Crippen LogP contribution in [0.3, 0.4) is 0 Å². The highest BCUT2D eigenvalue weighted by atomic mass is 15.1. The Labute approximate surface area is 333 Å². The first-order chi connectivity index (χ1) is 29.4. The second-order valence-corrected chi connectivity index (χ2v) is 13.9. The van der Waals surface area contributed by atoms with Crippen LogP contribution in [-0.4, -0.2) is 4.57 Å². The summed E-state index contributed by atoms with van der Waals surface area (Å²) in [5.74, 6) is 0. The van der Waals surface area contributed by atoms with E-state index < -0.39 is 0 Å². The fourth-order valence-electron chi connectivity index (χ4n) is 7.73. The monoisotopic (exact) mass is 718 g/mol. The molecule has 0 fully saturated rings. The molecule has 56 heavy (non-hydrogen) atoms. The largest absolute Gasteiger partial charge is 0.310 e. The molecule has 0 saturated heterocycles.